The Morgan fingerprint density at radius 2 is 1.89 bits per heavy atom. The van der Waals surface area contributed by atoms with Gasteiger partial charge in [-0.3, -0.25) is 4.79 Å². The van der Waals surface area contributed by atoms with E-state index in [0.29, 0.717) is 12.0 Å². The van der Waals surface area contributed by atoms with Gasteiger partial charge in [0.1, 0.15) is 5.75 Å². The van der Waals surface area contributed by atoms with Crippen LogP contribution in [0.2, 0.25) is 0 Å². The summed E-state index contributed by atoms with van der Waals surface area (Å²) >= 11 is 0. The molecule has 0 atom stereocenters. The van der Waals surface area contributed by atoms with Gasteiger partial charge >= 0.3 is 0 Å². The number of nitrogens with one attached hydrogen (secondary N) is 1. The molecule has 0 radical (unpaired) electrons. The highest BCUT2D eigenvalue weighted by molar-refractivity contribution is 5.95. The van der Waals surface area contributed by atoms with E-state index in [1.807, 2.05) is 36.4 Å². The first-order chi connectivity index (χ1) is 9.24. The molecule has 2 aromatic rings. The maximum atomic E-state index is 11.9. The molecule has 0 aliphatic heterocycles. The number of hydrogen-bond donors (Lipinski definition) is 1. The standard InChI is InChI=1S/C16H17NO2/c1-17-16(18)15-9-8-14(19-2)11-13(15)10-12-6-4-3-5-7-12/h3-9,11H,10H2,1-2H3,(H,17,18). The third-order valence-corrected chi connectivity index (χ3v) is 3.02. The van der Waals surface area contributed by atoms with Crippen LogP contribution >= 0.6 is 0 Å². The molecule has 19 heavy (non-hydrogen) atoms. The quantitative estimate of drug-likeness (QED) is 0.912. The normalized spacial score (nSPS) is 10.0. The molecule has 2 aromatic carbocycles. The van der Waals surface area contributed by atoms with E-state index in [2.05, 4.69) is 5.32 Å². The second kappa shape index (κ2) is 6.05. The molecule has 0 aromatic heterocycles. The van der Waals surface area contributed by atoms with E-state index < -0.39 is 0 Å². The number of methoxy groups -OCH3 is 1. The van der Waals surface area contributed by atoms with Crippen molar-refractivity contribution in [1.82, 2.24) is 5.32 Å². The second-order valence-corrected chi connectivity index (χ2v) is 4.26. The molecule has 0 saturated carbocycles. The van der Waals surface area contributed by atoms with Gasteiger partial charge in [0.15, 0.2) is 0 Å². The second-order valence-electron chi connectivity index (χ2n) is 4.26. The molecule has 0 aliphatic rings. The van der Waals surface area contributed by atoms with Gasteiger partial charge in [-0.1, -0.05) is 30.3 Å². The van der Waals surface area contributed by atoms with E-state index in [1.165, 1.54) is 5.56 Å². The summed E-state index contributed by atoms with van der Waals surface area (Å²) in [5.74, 6) is 0.687. The molecule has 0 aliphatic carbocycles. The highest BCUT2D eigenvalue weighted by atomic mass is 16.5. The number of rotatable bonds is 4. The number of benzene rings is 2. The fourth-order valence-corrected chi connectivity index (χ4v) is 2.02. The van der Waals surface area contributed by atoms with Gasteiger partial charge in [-0.05, 0) is 35.7 Å². The summed E-state index contributed by atoms with van der Waals surface area (Å²) in [5, 5.41) is 2.67. The lowest BCUT2D eigenvalue weighted by Crippen LogP contribution is -2.19. The molecule has 1 N–H and O–H groups in total. The van der Waals surface area contributed by atoms with Crippen LogP contribution in [-0.2, 0) is 6.42 Å². The van der Waals surface area contributed by atoms with Crippen LogP contribution in [-0.4, -0.2) is 20.1 Å². The largest absolute Gasteiger partial charge is 0.497 e. The van der Waals surface area contributed by atoms with Gasteiger partial charge in [0, 0.05) is 12.6 Å². The van der Waals surface area contributed by atoms with Gasteiger partial charge in [0.25, 0.3) is 5.91 Å². The molecule has 0 heterocycles. The van der Waals surface area contributed by atoms with Crippen LogP contribution in [0.3, 0.4) is 0 Å². The SMILES string of the molecule is CNC(=O)c1ccc(OC)cc1Cc1ccccc1. The van der Waals surface area contributed by atoms with Crippen molar-refractivity contribution in [1.29, 1.82) is 0 Å². The van der Waals surface area contributed by atoms with E-state index >= 15 is 0 Å². The van der Waals surface area contributed by atoms with Gasteiger partial charge < -0.3 is 10.1 Å². The zero-order chi connectivity index (χ0) is 13.7. The lowest BCUT2D eigenvalue weighted by Gasteiger charge is -2.10. The van der Waals surface area contributed by atoms with Gasteiger partial charge in [0.05, 0.1) is 7.11 Å². The average Bonchev–Trinajstić information content (AvgIpc) is 2.47. The van der Waals surface area contributed by atoms with Crippen LogP contribution in [0, 0.1) is 0 Å². The van der Waals surface area contributed by atoms with Crippen molar-refractivity contribution in [3.63, 3.8) is 0 Å². The minimum Gasteiger partial charge on any atom is -0.497 e. The molecule has 0 saturated heterocycles. The molecule has 0 spiro atoms. The Kier molecular flexibility index (Phi) is 4.18. The van der Waals surface area contributed by atoms with Gasteiger partial charge in [0.2, 0.25) is 0 Å². The van der Waals surface area contributed by atoms with Crippen LogP contribution in [0.15, 0.2) is 48.5 Å². The Morgan fingerprint density at radius 3 is 2.53 bits per heavy atom. The molecule has 0 bridgehead atoms. The lowest BCUT2D eigenvalue weighted by atomic mass is 9.99. The van der Waals surface area contributed by atoms with Gasteiger partial charge in [-0.25, -0.2) is 0 Å². The molecule has 2 rings (SSSR count). The van der Waals surface area contributed by atoms with Crippen molar-refractivity contribution in [2.24, 2.45) is 0 Å². The fraction of sp³-hybridized carbons (Fsp3) is 0.188. The summed E-state index contributed by atoms with van der Waals surface area (Å²) in [4.78, 5) is 11.9. The number of hydrogen-bond acceptors (Lipinski definition) is 2. The first-order valence-corrected chi connectivity index (χ1v) is 6.17. The van der Waals surface area contributed by atoms with Crippen LogP contribution in [0.25, 0.3) is 0 Å². The van der Waals surface area contributed by atoms with Crippen molar-refractivity contribution in [3.05, 3.63) is 65.2 Å². The Hall–Kier alpha value is -2.29. The lowest BCUT2D eigenvalue weighted by molar-refractivity contribution is 0.0962. The predicted octanol–water partition coefficient (Wildman–Crippen LogP) is 2.65. The van der Waals surface area contributed by atoms with E-state index in [9.17, 15) is 4.79 Å². The highest BCUT2D eigenvalue weighted by Gasteiger charge is 2.11. The molecule has 0 fully saturated rings. The first kappa shape index (κ1) is 13.1. The molecule has 0 unspecified atom stereocenters. The van der Waals surface area contributed by atoms with E-state index in [4.69, 9.17) is 4.74 Å². The summed E-state index contributed by atoms with van der Waals surface area (Å²) < 4.78 is 5.23. The number of carbonyl (C=O) groups excluding carboxylic acids is 1. The summed E-state index contributed by atoms with van der Waals surface area (Å²) in [6.45, 7) is 0. The smallest absolute Gasteiger partial charge is 0.251 e. The van der Waals surface area contributed by atoms with Crippen LogP contribution < -0.4 is 10.1 Å². The van der Waals surface area contributed by atoms with Gasteiger partial charge in [-0.2, -0.15) is 0 Å². The van der Waals surface area contributed by atoms with Crippen molar-refractivity contribution in [2.45, 2.75) is 6.42 Å². The third-order valence-electron chi connectivity index (χ3n) is 3.02. The zero-order valence-electron chi connectivity index (χ0n) is 11.1. The first-order valence-electron chi connectivity index (χ1n) is 6.17. The molecular formula is C16H17NO2. The highest BCUT2D eigenvalue weighted by Crippen LogP contribution is 2.20. The van der Waals surface area contributed by atoms with Crippen LogP contribution in [0.4, 0.5) is 0 Å². The third kappa shape index (κ3) is 3.13. The van der Waals surface area contributed by atoms with Crippen molar-refractivity contribution >= 4 is 5.91 Å². The minimum atomic E-state index is -0.0754. The van der Waals surface area contributed by atoms with E-state index in [-0.39, 0.29) is 5.91 Å². The van der Waals surface area contributed by atoms with Crippen molar-refractivity contribution in [2.75, 3.05) is 14.2 Å². The van der Waals surface area contributed by atoms with Crippen molar-refractivity contribution < 1.29 is 9.53 Å². The Labute approximate surface area is 113 Å². The molecular weight excluding hydrogens is 238 g/mol. The summed E-state index contributed by atoms with van der Waals surface area (Å²) in [6, 6.07) is 15.6. The van der Waals surface area contributed by atoms with E-state index in [0.717, 1.165) is 11.3 Å². The summed E-state index contributed by atoms with van der Waals surface area (Å²) in [6.07, 6.45) is 0.709. The summed E-state index contributed by atoms with van der Waals surface area (Å²) in [5.41, 5.74) is 2.82. The van der Waals surface area contributed by atoms with E-state index in [1.54, 1.807) is 26.3 Å². The number of ether oxygens (including phenoxy) is 1. The molecule has 3 heteroatoms. The predicted molar refractivity (Wildman–Crippen MR) is 75.6 cm³/mol. The maximum absolute atomic E-state index is 11.9. The minimum absolute atomic E-state index is 0.0754. The van der Waals surface area contributed by atoms with Crippen LogP contribution in [0.5, 0.6) is 5.75 Å². The summed E-state index contributed by atoms with van der Waals surface area (Å²) in [7, 11) is 3.26. The Bertz CT molecular complexity index is 564. The average molecular weight is 255 g/mol. The topological polar surface area (TPSA) is 38.3 Å². The fourth-order valence-electron chi connectivity index (χ4n) is 2.02. The molecule has 98 valence electrons. The van der Waals surface area contributed by atoms with Gasteiger partial charge in [-0.15, -0.1) is 0 Å². The molecule has 1 amide bonds. The monoisotopic (exact) mass is 255 g/mol. The van der Waals surface area contributed by atoms with Crippen LogP contribution in [0.1, 0.15) is 21.5 Å². The number of carbonyl (C=O) groups is 1. The molecule has 3 nitrogen and oxygen atoms in total. The van der Waals surface area contributed by atoms with Crippen molar-refractivity contribution in [3.8, 4) is 5.75 Å². The Balaban J connectivity index is 2.38. The number of amides is 1. The zero-order valence-corrected chi connectivity index (χ0v) is 11.1. The Morgan fingerprint density at radius 1 is 1.16 bits per heavy atom. The maximum Gasteiger partial charge on any atom is 0.251 e.